The monoisotopic (exact) mass is 432 g/mol. The van der Waals surface area contributed by atoms with Crippen LogP contribution in [0.3, 0.4) is 0 Å². The highest BCUT2D eigenvalue weighted by Gasteiger charge is 2.23. The van der Waals surface area contributed by atoms with Crippen molar-refractivity contribution >= 4 is 35.0 Å². The number of hydrogen-bond donors (Lipinski definition) is 1. The molecule has 7 heteroatoms. The van der Waals surface area contributed by atoms with Gasteiger partial charge in [0, 0.05) is 43.2 Å². The lowest BCUT2D eigenvalue weighted by Gasteiger charge is -2.34. The Morgan fingerprint density at radius 1 is 1.07 bits per heavy atom. The molecule has 1 fully saturated rings. The summed E-state index contributed by atoms with van der Waals surface area (Å²) in [7, 11) is 0. The number of hydrogen-bond acceptors (Lipinski definition) is 3. The molecule has 1 saturated heterocycles. The third-order valence-corrected chi connectivity index (χ3v) is 5.58. The summed E-state index contributed by atoms with van der Waals surface area (Å²) >= 11 is 12.4. The number of aryl methyl sites for hydroxylation is 1. The van der Waals surface area contributed by atoms with E-state index in [1.54, 1.807) is 28.0 Å². The average Bonchev–Trinajstić information content (AvgIpc) is 2.72. The van der Waals surface area contributed by atoms with Crippen molar-refractivity contribution in [2.45, 2.75) is 12.8 Å². The molecule has 0 bridgehead atoms. The number of rotatable bonds is 5. The molecule has 1 aliphatic heterocycles. The highest BCUT2D eigenvalue weighted by Crippen LogP contribution is 2.35. The lowest BCUT2D eigenvalue weighted by molar-refractivity contribution is -0.137. The zero-order chi connectivity index (χ0) is 21.0. The molecule has 0 saturated carbocycles. The normalized spacial score (nSPS) is 14.0. The number of piperazine rings is 1. The predicted molar refractivity (Wildman–Crippen MR) is 115 cm³/mol. The first-order chi connectivity index (χ1) is 13.9. The zero-order valence-electron chi connectivity index (χ0n) is 15.9. The molecule has 3 rings (SSSR count). The molecule has 0 radical (unpaired) electrons. The molecule has 5 nitrogen and oxygen atoms in total. The Hall–Kier alpha value is -2.50. The van der Waals surface area contributed by atoms with Gasteiger partial charge in [0.15, 0.2) is 0 Å². The van der Waals surface area contributed by atoms with Gasteiger partial charge in [-0.1, -0.05) is 41.9 Å². The van der Waals surface area contributed by atoms with E-state index in [1.807, 2.05) is 12.1 Å². The van der Waals surface area contributed by atoms with Crippen LogP contribution >= 0.6 is 23.2 Å². The Bertz CT molecular complexity index is 938. The van der Waals surface area contributed by atoms with Crippen LogP contribution < -0.4 is 0 Å². The van der Waals surface area contributed by atoms with Gasteiger partial charge in [-0.15, -0.1) is 0 Å². The van der Waals surface area contributed by atoms with E-state index < -0.39 is 0 Å². The van der Waals surface area contributed by atoms with E-state index in [-0.39, 0.29) is 24.0 Å². The summed E-state index contributed by atoms with van der Waals surface area (Å²) in [6.07, 6.45) is 1.94. The second-order valence-electron chi connectivity index (χ2n) is 6.88. The van der Waals surface area contributed by atoms with Gasteiger partial charge in [-0.25, -0.2) is 0 Å². The van der Waals surface area contributed by atoms with Crippen molar-refractivity contribution in [3.05, 3.63) is 64.7 Å². The molecule has 0 atom stereocenters. The molecule has 0 spiro atoms. The molecule has 2 aromatic rings. The average molecular weight is 433 g/mol. The number of phenols is 1. The molecule has 1 aliphatic rings. The first-order valence-electron chi connectivity index (χ1n) is 9.35. The van der Waals surface area contributed by atoms with Crippen LogP contribution in [0.2, 0.25) is 10.0 Å². The summed E-state index contributed by atoms with van der Waals surface area (Å²) in [5.41, 5.74) is 2.25. The van der Waals surface area contributed by atoms with Gasteiger partial charge in [0.2, 0.25) is 11.8 Å². The molecule has 0 aliphatic carbocycles. The van der Waals surface area contributed by atoms with Gasteiger partial charge in [0.05, 0.1) is 5.02 Å². The summed E-state index contributed by atoms with van der Waals surface area (Å²) < 4.78 is 0. The van der Waals surface area contributed by atoms with Gasteiger partial charge >= 0.3 is 0 Å². The number of amides is 2. The minimum atomic E-state index is -0.114. The Morgan fingerprint density at radius 3 is 2.41 bits per heavy atom. The molecular formula is C22H22Cl2N2O3. The minimum absolute atomic E-state index is 0.00522. The maximum absolute atomic E-state index is 12.6. The smallest absolute Gasteiger partial charge is 0.246 e. The maximum atomic E-state index is 12.6. The maximum Gasteiger partial charge on any atom is 0.246 e. The third kappa shape index (κ3) is 5.11. The van der Waals surface area contributed by atoms with E-state index in [4.69, 9.17) is 23.2 Å². The molecule has 0 aromatic heterocycles. The molecule has 2 aromatic carbocycles. The number of benzene rings is 2. The Balaban J connectivity index is 1.66. The second-order valence-corrected chi connectivity index (χ2v) is 7.72. The molecule has 1 heterocycles. The van der Waals surface area contributed by atoms with Crippen LogP contribution in [0.4, 0.5) is 0 Å². The summed E-state index contributed by atoms with van der Waals surface area (Å²) in [6, 6.07) is 10.6. The zero-order valence-corrected chi connectivity index (χ0v) is 17.4. The topological polar surface area (TPSA) is 60.9 Å². The summed E-state index contributed by atoms with van der Waals surface area (Å²) in [4.78, 5) is 27.6. The van der Waals surface area contributed by atoms with Crippen molar-refractivity contribution in [2.24, 2.45) is 0 Å². The van der Waals surface area contributed by atoms with E-state index in [0.717, 1.165) is 11.1 Å². The van der Waals surface area contributed by atoms with E-state index >= 15 is 0 Å². The number of carbonyl (C=O) groups excluding carboxylic acids is 2. The molecular weight excluding hydrogens is 411 g/mol. The number of aromatic hydroxyl groups is 1. The van der Waals surface area contributed by atoms with Crippen molar-refractivity contribution in [2.75, 3.05) is 26.2 Å². The standard InChI is InChI=1S/C22H22Cl2N2O3/c1-2-21(28)25-8-10-26(11-9-25)22(29)7-6-16-13-18(19(24)14-20(16)27)15-4-3-5-17(23)12-15/h2-5,12-14,27H,1,6-11H2. The van der Waals surface area contributed by atoms with Gasteiger partial charge in [0.1, 0.15) is 5.75 Å². The van der Waals surface area contributed by atoms with Gasteiger partial charge in [0.25, 0.3) is 0 Å². The molecule has 1 N–H and O–H groups in total. The molecule has 29 heavy (non-hydrogen) atoms. The largest absolute Gasteiger partial charge is 0.508 e. The van der Waals surface area contributed by atoms with Crippen LogP contribution in [0.1, 0.15) is 12.0 Å². The number of nitrogens with zero attached hydrogens (tertiary/aromatic N) is 2. The van der Waals surface area contributed by atoms with Crippen molar-refractivity contribution in [1.29, 1.82) is 0 Å². The molecule has 152 valence electrons. The summed E-state index contributed by atoms with van der Waals surface area (Å²) in [5, 5.41) is 11.3. The van der Waals surface area contributed by atoms with E-state index in [2.05, 4.69) is 6.58 Å². The van der Waals surface area contributed by atoms with Crippen LogP contribution in [0.5, 0.6) is 5.75 Å². The van der Waals surface area contributed by atoms with Gasteiger partial charge in [-0.3, -0.25) is 9.59 Å². The lowest BCUT2D eigenvalue weighted by atomic mass is 9.99. The van der Waals surface area contributed by atoms with E-state index in [0.29, 0.717) is 48.2 Å². The quantitative estimate of drug-likeness (QED) is 0.721. The summed E-state index contributed by atoms with van der Waals surface area (Å²) in [6.45, 7) is 5.49. The van der Waals surface area contributed by atoms with Gasteiger partial charge < -0.3 is 14.9 Å². The van der Waals surface area contributed by atoms with Crippen LogP contribution in [-0.2, 0) is 16.0 Å². The van der Waals surface area contributed by atoms with E-state index in [1.165, 1.54) is 12.1 Å². The first-order valence-corrected chi connectivity index (χ1v) is 10.1. The number of carbonyl (C=O) groups is 2. The number of phenolic OH excluding ortho intramolecular Hbond substituents is 1. The first kappa shape index (κ1) is 21.2. The molecule has 0 unspecified atom stereocenters. The van der Waals surface area contributed by atoms with Gasteiger partial charge in [-0.05, 0) is 47.9 Å². The highest BCUT2D eigenvalue weighted by atomic mass is 35.5. The number of halogens is 2. The van der Waals surface area contributed by atoms with Crippen LogP contribution in [0.15, 0.2) is 49.1 Å². The highest BCUT2D eigenvalue weighted by molar-refractivity contribution is 6.34. The predicted octanol–water partition coefficient (Wildman–Crippen LogP) is 4.16. The Kier molecular flexibility index (Phi) is 6.83. The van der Waals surface area contributed by atoms with Crippen molar-refractivity contribution < 1.29 is 14.7 Å². The fraction of sp³-hybridized carbons (Fsp3) is 0.273. The van der Waals surface area contributed by atoms with Crippen LogP contribution in [-0.4, -0.2) is 52.9 Å². The van der Waals surface area contributed by atoms with Crippen LogP contribution in [0.25, 0.3) is 11.1 Å². The Labute approximate surface area is 180 Å². The summed E-state index contributed by atoms with van der Waals surface area (Å²) in [5.74, 6) is -0.0546. The van der Waals surface area contributed by atoms with Crippen molar-refractivity contribution in [1.82, 2.24) is 9.80 Å². The van der Waals surface area contributed by atoms with Crippen molar-refractivity contribution in [3.8, 4) is 16.9 Å². The van der Waals surface area contributed by atoms with Crippen molar-refractivity contribution in [3.63, 3.8) is 0 Å². The fourth-order valence-electron chi connectivity index (χ4n) is 3.39. The Morgan fingerprint density at radius 2 is 1.76 bits per heavy atom. The van der Waals surface area contributed by atoms with E-state index in [9.17, 15) is 14.7 Å². The molecule has 2 amide bonds. The SMILES string of the molecule is C=CC(=O)N1CCN(C(=O)CCc2cc(-c3cccc(Cl)c3)c(Cl)cc2O)CC1. The fourth-order valence-corrected chi connectivity index (χ4v) is 3.85. The minimum Gasteiger partial charge on any atom is -0.508 e. The van der Waals surface area contributed by atoms with Gasteiger partial charge in [-0.2, -0.15) is 0 Å². The second kappa shape index (κ2) is 9.33. The third-order valence-electron chi connectivity index (χ3n) is 5.03. The lowest BCUT2D eigenvalue weighted by Crippen LogP contribution is -2.50. The van der Waals surface area contributed by atoms with Crippen LogP contribution in [0, 0.1) is 0 Å².